The van der Waals surface area contributed by atoms with Crippen molar-refractivity contribution in [3.05, 3.63) is 222 Å². The molecular weight excluding hydrogens is 739 g/mol. The van der Waals surface area contributed by atoms with Crippen molar-refractivity contribution in [2.75, 3.05) is 4.90 Å². The molecule has 0 aliphatic heterocycles. The van der Waals surface area contributed by atoms with Gasteiger partial charge in [0, 0.05) is 44.7 Å². The van der Waals surface area contributed by atoms with Crippen LogP contribution in [0.4, 0.5) is 17.1 Å². The lowest BCUT2D eigenvalue weighted by Crippen LogP contribution is -2.16. The minimum absolute atomic E-state index is 0.0944. The highest BCUT2D eigenvalue weighted by atomic mass is 16.3. The standard InChI is InChI=1S/C59H43NO/c1-37-44-13-4-5-14-48(44)51-20-10-17-45(56(37)51)38-25-31-41(32-26-38)60(43-35-29-40(30-36-43)47-19-12-22-53-50-16-7-9-24-55(50)61-58(47)53)42-33-27-39(28-34-42)46-18-11-21-52-49-15-6-8-23-54(49)59(2,3)57(46)52/h4-37H,1-3H3. The Labute approximate surface area is 357 Å². The summed E-state index contributed by atoms with van der Waals surface area (Å²) >= 11 is 0. The predicted molar refractivity (Wildman–Crippen MR) is 255 cm³/mol. The smallest absolute Gasteiger partial charge is 0.143 e. The van der Waals surface area contributed by atoms with Crippen LogP contribution in [0.5, 0.6) is 0 Å². The Kier molecular flexibility index (Phi) is 7.89. The number of hydrogen-bond donors (Lipinski definition) is 0. The summed E-state index contributed by atoms with van der Waals surface area (Å²) in [7, 11) is 0. The van der Waals surface area contributed by atoms with Crippen molar-refractivity contribution < 1.29 is 4.42 Å². The maximum Gasteiger partial charge on any atom is 0.143 e. The minimum atomic E-state index is -0.0944. The van der Waals surface area contributed by atoms with Crippen LogP contribution in [0, 0.1) is 0 Å². The number of furan rings is 1. The molecule has 2 aliphatic rings. The minimum Gasteiger partial charge on any atom is -0.455 e. The highest BCUT2D eigenvalue weighted by Gasteiger charge is 2.37. The molecular formula is C59H43NO. The van der Waals surface area contributed by atoms with Gasteiger partial charge in [0.2, 0.25) is 0 Å². The zero-order valence-corrected chi connectivity index (χ0v) is 34.5. The number of anilines is 3. The van der Waals surface area contributed by atoms with E-state index in [1.807, 2.05) is 12.1 Å². The van der Waals surface area contributed by atoms with Gasteiger partial charge in [0.1, 0.15) is 11.2 Å². The van der Waals surface area contributed by atoms with Crippen molar-refractivity contribution in [3.8, 4) is 55.6 Å². The summed E-state index contributed by atoms with van der Waals surface area (Å²) < 4.78 is 6.45. The van der Waals surface area contributed by atoms with Crippen LogP contribution in [0.25, 0.3) is 77.6 Å². The van der Waals surface area contributed by atoms with Gasteiger partial charge < -0.3 is 9.32 Å². The van der Waals surface area contributed by atoms with Crippen LogP contribution in [0.15, 0.2) is 205 Å². The van der Waals surface area contributed by atoms with E-state index in [1.165, 1.54) is 66.8 Å². The lowest BCUT2D eigenvalue weighted by Gasteiger charge is -2.27. The lowest BCUT2D eigenvalue weighted by molar-refractivity contribution is 0.662. The molecule has 0 N–H and O–H groups in total. The van der Waals surface area contributed by atoms with E-state index in [0.29, 0.717) is 5.92 Å². The number of para-hydroxylation sites is 2. The van der Waals surface area contributed by atoms with E-state index in [-0.39, 0.29) is 5.41 Å². The Hall–Kier alpha value is -7.42. The highest BCUT2D eigenvalue weighted by molar-refractivity contribution is 6.09. The Morgan fingerprint density at radius 1 is 0.410 bits per heavy atom. The van der Waals surface area contributed by atoms with Crippen molar-refractivity contribution >= 4 is 39.0 Å². The van der Waals surface area contributed by atoms with E-state index in [4.69, 9.17) is 4.42 Å². The molecule has 12 rings (SSSR count). The van der Waals surface area contributed by atoms with Gasteiger partial charge in [0.25, 0.3) is 0 Å². The molecule has 290 valence electrons. The van der Waals surface area contributed by atoms with Gasteiger partial charge in [-0.1, -0.05) is 178 Å². The highest BCUT2D eigenvalue weighted by Crippen LogP contribution is 2.53. The van der Waals surface area contributed by atoms with Gasteiger partial charge in [0.05, 0.1) is 0 Å². The maximum absolute atomic E-state index is 6.45. The Balaban J connectivity index is 0.949. The molecule has 1 heterocycles. The van der Waals surface area contributed by atoms with E-state index < -0.39 is 0 Å². The molecule has 0 saturated heterocycles. The molecule has 0 spiro atoms. The molecule has 0 radical (unpaired) electrons. The van der Waals surface area contributed by atoms with E-state index >= 15 is 0 Å². The molecule has 0 amide bonds. The molecule has 61 heavy (non-hydrogen) atoms. The summed E-state index contributed by atoms with van der Waals surface area (Å²) in [6, 6.07) is 73.3. The quantitative estimate of drug-likeness (QED) is 0.167. The monoisotopic (exact) mass is 781 g/mol. The number of nitrogens with zero attached hydrogens (tertiary/aromatic N) is 1. The lowest BCUT2D eigenvalue weighted by atomic mass is 9.79. The van der Waals surface area contributed by atoms with Crippen LogP contribution in [0.2, 0.25) is 0 Å². The fraction of sp³-hybridized carbons (Fsp3) is 0.0847. The summed E-state index contributed by atoms with van der Waals surface area (Å²) in [5.41, 5.74) is 23.3. The molecule has 2 aliphatic carbocycles. The van der Waals surface area contributed by atoms with E-state index in [1.54, 1.807) is 0 Å². The zero-order chi connectivity index (χ0) is 40.8. The van der Waals surface area contributed by atoms with Crippen LogP contribution in [-0.2, 0) is 5.41 Å². The van der Waals surface area contributed by atoms with Crippen molar-refractivity contribution in [1.29, 1.82) is 0 Å². The van der Waals surface area contributed by atoms with Gasteiger partial charge in [-0.3, -0.25) is 0 Å². The predicted octanol–water partition coefficient (Wildman–Crippen LogP) is 16.5. The van der Waals surface area contributed by atoms with Crippen LogP contribution >= 0.6 is 0 Å². The maximum atomic E-state index is 6.45. The normalized spacial score (nSPS) is 14.4. The SMILES string of the molecule is CC1c2ccccc2-c2cccc(-c3ccc(N(c4ccc(-c5cccc6c5C(C)(C)c5ccccc5-6)cc4)c4ccc(-c5cccc6c5oc5ccccc56)cc4)cc3)c21. The third-order valence-corrected chi connectivity index (χ3v) is 13.6. The summed E-state index contributed by atoms with van der Waals surface area (Å²) in [5.74, 6) is 0.339. The molecule has 2 heteroatoms. The zero-order valence-electron chi connectivity index (χ0n) is 34.5. The molecule has 1 aromatic heterocycles. The van der Waals surface area contributed by atoms with Gasteiger partial charge in [-0.15, -0.1) is 0 Å². The molecule has 0 saturated carbocycles. The summed E-state index contributed by atoms with van der Waals surface area (Å²) in [6.45, 7) is 7.07. The first-order chi connectivity index (χ1) is 29.9. The van der Waals surface area contributed by atoms with Crippen molar-refractivity contribution in [3.63, 3.8) is 0 Å². The third-order valence-electron chi connectivity index (χ3n) is 13.6. The van der Waals surface area contributed by atoms with Crippen molar-refractivity contribution in [2.24, 2.45) is 0 Å². The number of rotatable bonds is 6. The second-order valence-electron chi connectivity index (χ2n) is 17.2. The average molecular weight is 782 g/mol. The Morgan fingerprint density at radius 2 is 0.902 bits per heavy atom. The van der Waals surface area contributed by atoms with Crippen LogP contribution in [0.3, 0.4) is 0 Å². The summed E-state index contributed by atoms with van der Waals surface area (Å²) in [5, 5.41) is 2.28. The number of hydrogen-bond acceptors (Lipinski definition) is 2. The van der Waals surface area contributed by atoms with Crippen LogP contribution < -0.4 is 4.90 Å². The van der Waals surface area contributed by atoms with E-state index in [0.717, 1.165) is 50.1 Å². The summed E-state index contributed by atoms with van der Waals surface area (Å²) in [6.07, 6.45) is 0. The molecule has 1 unspecified atom stereocenters. The van der Waals surface area contributed by atoms with Gasteiger partial charge in [-0.25, -0.2) is 0 Å². The number of benzene rings is 9. The van der Waals surface area contributed by atoms with E-state index in [2.05, 4.69) is 214 Å². The molecule has 0 bridgehead atoms. The van der Waals surface area contributed by atoms with Gasteiger partial charge in [0.15, 0.2) is 0 Å². The fourth-order valence-corrected chi connectivity index (χ4v) is 10.7. The van der Waals surface area contributed by atoms with Gasteiger partial charge in [-0.05, 0) is 115 Å². The third kappa shape index (κ3) is 5.42. The Morgan fingerprint density at radius 3 is 1.62 bits per heavy atom. The first-order valence-corrected chi connectivity index (χ1v) is 21.4. The second kappa shape index (κ2) is 13.6. The molecule has 2 nitrogen and oxygen atoms in total. The van der Waals surface area contributed by atoms with E-state index in [9.17, 15) is 0 Å². The summed E-state index contributed by atoms with van der Waals surface area (Å²) in [4.78, 5) is 2.38. The molecule has 10 aromatic rings. The molecule has 9 aromatic carbocycles. The fourth-order valence-electron chi connectivity index (χ4n) is 10.7. The number of fused-ring (bicyclic) bond motifs is 9. The average Bonchev–Trinajstić information content (AvgIpc) is 3.92. The second-order valence-corrected chi connectivity index (χ2v) is 17.2. The van der Waals surface area contributed by atoms with Crippen molar-refractivity contribution in [2.45, 2.75) is 32.1 Å². The molecule has 0 fully saturated rings. The van der Waals surface area contributed by atoms with Crippen molar-refractivity contribution in [1.82, 2.24) is 0 Å². The van der Waals surface area contributed by atoms with Gasteiger partial charge in [-0.2, -0.15) is 0 Å². The molecule has 1 atom stereocenters. The van der Waals surface area contributed by atoms with Crippen LogP contribution in [-0.4, -0.2) is 0 Å². The van der Waals surface area contributed by atoms with Gasteiger partial charge >= 0.3 is 0 Å². The van der Waals surface area contributed by atoms with Crippen LogP contribution in [0.1, 0.15) is 48.9 Å². The first kappa shape index (κ1) is 35.5. The largest absolute Gasteiger partial charge is 0.455 e. The Bertz CT molecular complexity index is 3330. The topological polar surface area (TPSA) is 16.4 Å². The first-order valence-electron chi connectivity index (χ1n) is 21.4.